The van der Waals surface area contributed by atoms with E-state index < -0.39 is 41.3 Å². The second-order valence-corrected chi connectivity index (χ2v) is 8.72. The molecule has 0 saturated carbocycles. The van der Waals surface area contributed by atoms with Crippen LogP contribution in [0.2, 0.25) is 0 Å². The maximum Gasteiger partial charge on any atom is 0.260 e. The lowest BCUT2D eigenvalue weighted by Gasteiger charge is -2.46. The number of fused-ring (bicyclic) bond motifs is 1. The van der Waals surface area contributed by atoms with Gasteiger partial charge in [-0.3, -0.25) is 19.3 Å². The summed E-state index contributed by atoms with van der Waals surface area (Å²) >= 11 is 0. The van der Waals surface area contributed by atoms with Gasteiger partial charge < -0.3 is 15.2 Å². The third kappa shape index (κ3) is 3.80. The molecule has 0 aromatic heterocycles. The van der Waals surface area contributed by atoms with Crippen molar-refractivity contribution in [3.8, 4) is 5.75 Å². The first-order chi connectivity index (χ1) is 15.1. The molecule has 7 nitrogen and oxygen atoms in total. The number of nitrogens with zero attached hydrogens (tertiary/aromatic N) is 1. The summed E-state index contributed by atoms with van der Waals surface area (Å²) in [5.41, 5.74) is 0.173. The Morgan fingerprint density at radius 3 is 2.47 bits per heavy atom. The van der Waals surface area contributed by atoms with Crippen LogP contribution >= 0.6 is 0 Å². The number of halogens is 1. The predicted molar refractivity (Wildman–Crippen MR) is 114 cm³/mol. The van der Waals surface area contributed by atoms with Crippen molar-refractivity contribution >= 4 is 17.6 Å². The minimum atomic E-state index is -1.08. The molecule has 2 heterocycles. The first-order valence-electron chi connectivity index (χ1n) is 10.5. The first-order valence-corrected chi connectivity index (χ1v) is 10.5. The molecule has 32 heavy (non-hydrogen) atoms. The summed E-state index contributed by atoms with van der Waals surface area (Å²) in [6.45, 7) is 5.36. The Hall–Kier alpha value is -3.10. The Morgan fingerprint density at radius 1 is 1.16 bits per heavy atom. The number of aliphatic hydroxyl groups is 1. The number of carbonyl (C=O) groups excluding carboxylic acids is 3. The third-order valence-corrected chi connectivity index (χ3v) is 6.13. The highest BCUT2D eigenvalue weighted by molar-refractivity contribution is 6.06. The molecule has 0 spiro atoms. The van der Waals surface area contributed by atoms with Gasteiger partial charge in [0.25, 0.3) is 5.91 Å². The minimum absolute atomic E-state index is 0.147. The van der Waals surface area contributed by atoms with Gasteiger partial charge in [-0.05, 0) is 63.2 Å². The predicted octanol–water partition coefficient (Wildman–Crippen LogP) is 2.28. The number of benzene rings is 2. The largest absolute Gasteiger partial charge is 0.485 e. The van der Waals surface area contributed by atoms with Crippen molar-refractivity contribution in [3.63, 3.8) is 0 Å². The van der Waals surface area contributed by atoms with Crippen LogP contribution < -0.4 is 10.1 Å². The molecule has 1 fully saturated rings. The van der Waals surface area contributed by atoms with E-state index >= 15 is 0 Å². The zero-order valence-corrected chi connectivity index (χ0v) is 18.1. The third-order valence-electron chi connectivity index (χ3n) is 6.13. The van der Waals surface area contributed by atoms with Gasteiger partial charge in [0.1, 0.15) is 23.3 Å². The van der Waals surface area contributed by atoms with Crippen molar-refractivity contribution in [2.45, 2.75) is 44.4 Å². The van der Waals surface area contributed by atoms with Gasteiger partial charge in [0.05, 0.1) is 6.04 Å². The fourth-order valence-corrected chi connectivity index (χ4v) is 4.36. The maximum atomic E-state index is 13.4. The summed E-state index contributed by atoms with van der Waals surface area (Å²) in [4.78, 5) is 39.5. The minimum Gasteiger partial charge on any atom is -0.485 e. The van der Waals surface area contributed by atoms with Gasteiger partial charge in [-0.2, -0.15) is 0 Å². The molecule has 2 aromatic carbocycles. The van der Waals surface area contributed by atoms with Gasteiger partial charge in [0, 0.05) is 35.7 Å². The van der Waals surface area contributed by atoms with E-state index in [4.69, 9.17) is 4.74 Å². The Labute approximate surface area is 185 Å². The Kier molecular flexibility index (Phi) is 5.60. The average molecular weight is 440 g/mol. The van der Waals surface area contributed by atoms with Crippen LogP contribution in [-0.2, 0) is 4.79 Å². The molecule has 4 rings (SSSR count). The molecular weight excluding hydrogens is 415 g/mol. The van der Waals surface area contributed by atoms with Crippen molar-refractivity contribution in [3.05, 3.63) is 65.0 Å². The van der Waals surface area contributed by atoms with E-state index in [0.29, 0.717) is 23.4 Å². The molecular formula is C24H25FN2O5. The second kappa shape index (κ2) is 8.11. The maximum absolute atomic E-state index is 13.4. The number of amides is 2. The van der Waals surface area contributed by atoms with Gasteiger partial charge in [-0.1, -0.05) is 0 Å². The zero-order chi connectivity index (χ0) is 23.2. The standard InChI is InChI=1S/C24H25FN2O5/c1-13(28)15-6-9-18-17(12-15)19(21(29)24(2,3)32-18)20-23(31)27(11-10-26-20)22(30)14-4-7-16(25)8-5-14/h4-9,12,19-21,26,29H,10-11H2,1-3H3/t19-,20?,21-/m1/s1. The molecule has 2 aromatic rings. The lowest BCUT2D eigenvalue weighted by atomic mass is 9.76. The Morgan fingerprint density at radius 2 is 1.81 bits per heavy atom. The summed E-state index contributed by atoms with van der Waals surface area (Å²) < 4.78 is 19.2. The van der Waals surface area contributed by atoms with E-state index in [-0.39, 0.29) is 17.9 Å². The number of hydrogen-bond acceptors (Lipinski definition) is 6. The molecule has 8 heteroatoms. The lowest BCUT2D eigenvalue weighted by Crippen LogP contribution is -2.63. The van der Waals surface area contributed by atoms with Crippen LogP contribution in [0.4, 0.5) is 4.39 Å². The highest BCUT2D eigenvalue weighted by atomic mass is 19.1. The van der Waals surface area contributed by atoms with Gasteiger partial charge in [0.15, 0.2) is 5.78 Å². The van der Waals surface area contributed by atoms with Crippen LogP contribution in [0, 0.1) is 5.82 Å². The molecule has 0 aliphatic carbocycles. The van der Waals surface area contributed by atoms with E-state index in [1.807, 2.05) is 0 Å². The van der Waals surface area contributed by atoms with Crippen molar-refractivity contribution < 1.29 is 28.6 Å². The van der Waals surface area contributed by atoms with E-state index in [0.717, 1.165) is 4.90 Å². The number of rotatable bonds is 3. The highest BCUT2D eigenvalue weighted by Gasteiger charge is 2.50. The van der Waals surface area contributed by atoms with Crippen molar-refractivity contribution in [2.75, 3.05) is 13.1 Å². The van der Waals surface area contributed by atoms with Crippen LogP contribution in [0.25, 0.3) is 0 Å². The number of aliphatic hydroxyl groups excluding tert-OH is 1. The van der Waals surface area contributed by atoms with Crippen LogP contribution in [0.5, 0.6) is 5.75 Å². The Balaban J connectivity index is 1.72. The molecule has 1 saturated heterocycles. The number of ketones is 1. The average Bonchev–Trinajstić information content (AvgIpc) is 2.75. The van der Waals surface area contributed by atoms with E-state index in [1.54, 1.807) is 32.0 Å². The lowest BCUT2D eigenvalue weighted by molar-refractivity contribution is -0.137. The first kappa shape index (κ1) is 22.1. The number of nitrogens with one attached hydrogen (secondary N) is 1. The topological polar surface area (TPSA) is 95.9 Å². The van der Waals surface area contributed by atoms with E-state index in [2.05, 4.69) is 5.32 Å². The fourth-order valence-electron chi connectivity index (χ4n) is 4.36. The summed E-state index contributed by atoms with van der Waals surface area (Å²) in [7, 11) is 0. The summed E-state index contributed by atoms with van der Waals surface area (Å²) in [5, 5.41) is 14.3. The molecule has 2 aliphatic rings. The number of Topliss-reactive ketones (excluding diaryl/α,β-unsaturated/α-hetero) is 1. The molecule has 2 amide bonds. The second-order valence-electron chi connectivity index (χ2n) is 8.72. The van der Waals surface area contributed by atoms with Crippen LogP contribution in [-0.4, -0.2) is 58.4 Å². The summed E-state index contributed by atoms with van der Waals surface area (Å²) in [6, 6.07) is 9.05. The van der Waals surface area contributed by atoms with Crippen LogP contribution in [0.15, 0.2) is 42.5 Å². The van der Waals surface area contributed by atoms with Crippen molar-refractivity contribution in [2.24, 2.45) is 0 Å². The molecule has 168 valence electrons. The van der Waals surface area contributed by atoms with Crippen LogP contribution in [0.1, 0.15) is 53.0 Å². The summed E-state index contributed by atoms with van der Waals surface area (Å²) in [6.07, 6.45) is -1.08. The molecule has 1 unspecified atom stereocenters. The number of ether oxygens (including phenoxy) is 1. The molecule has 0 radical (unpaired) electrons. The summed E-state index contributed by atoms with van der Waals surface area (Å²) in [5.74, 6) is -1.92. The molecule has 2 aliphatic heterocycles. The molecule has 3 atom stereocenters. The van der Waals surface area contributed by atoms with E-state index in [1.165, 1.54) is 31.2 Å². The van der Waals surface area contributed by atoms with Gasteiger partial charge in [0.2, 0.25) is 5.91 Å². The SMILES string of the molecule is CC(=O)c1ccc2c(c1)[C@H](C1NCCN(C(=O)c3ccc(F)cc3)C1=O)[C@@H](O)C(C)(C)O2. The normalized spacial score (nSPS) is 24.5. The quantitative estimate of drug-likeness (QED) is 0.562. The van der Waals surface area contributed by atoms with Gasteiger partial charge in [-0.25, -0.2) is 4.39 Å². The Bertz CT molecular complexity index is 1080. The number of imide groups is 1. The molecule has 0 bridgehead atoms. The monoisotopic (exact) mass is 440 g/mol. The number of carbonyl (C=O) groups is 3. The van der Waals surface area contributed by atoms with Crippen LogP contribution in [0.3, 0.4) is 0 Å². The fraction of sp³-hybridized carbons (Fsp3) is 0.375. The van der Waals surface area contributed by atoms with Crippen molar-refractivity contribution in [1.29, 1.82) is 0 Å². The zero-order valence-electron chi connectivity index (χ0n) is 18.1. The van der Waals surface area contributed by atoms with Crippen molar-refractivity contribution in [1.82, 2.24) is 10.2 Å². The van der Waals surface area contributed by atoms with E-state index in [9.17, 15) is 23.9 Å². The number of hydrogen-bond donors (Lipinski definition) is 2. The highest BCUT2D eigenvalue weighted by Crippen LogP contribution is 2.44. The van der Waals surface area contributed by atoms with Gasteiger partial charge in [-0.15, -0.1) is 0 Å². The molecule has 2 N–H and O–H groups in total. The van der Waals surface area contributed by atoms with Gasteiger partial charge >= 0.3 is 0 Å². The smallest absolute Gasteiger partial charge is 0.260 e. The number of piperazine rings is 1.